The van der Waals surface area contributed by atoms with Crippen molar-refractivity contribution in [3.8, 4) is 0 Å². The number of carboxylic acids is 2. The fourth-order valence-corrected chi connectivity index (χ4v) is 1.79. The first-order valence-electron chi connectivity index (χ1n) is 12.0. The van der Waals surface area contributed by atoms with Crippen molar-refractivity contribution in [3.63, 3.8) is 0 Å². The van der Waals surface area contributed by atoms with E-state index in [0.29, 0.717) is 0 Å². The predicted octanol–water partition coefficient (Wildman–Crippen LogP) is -4.98. The van der Waals surface area contributed by atoms with Gasteiger partial charge in [-0.25, -0.2) is 9.59 Å². The van der Waals surface area contributed by atoms with Crippen molar-refractivity contribution in [2.24, 2.45) is 0 Å². The highest BCUT2D eigenvalue weighted by Gasteiger charge is 2.20. The highest BCUT2D eigenvalue weighted by atomic mass is 16.6. The second-order valence-corrected chi connectivity index (χ2v) is 7.78. The number of carboxylic acid groups (broad SMARTS) is 2. The molecule has 20 heteroatoms. The Labute approximate surface area is 247 Å². The number of cyclic esters (lactones) is 1. The Hall–Kier alpha value is -3.50. The quantitative estimate of drug-likeness (QED) is 0.0705. The smallest absolute Gasteiger partial charge is 0.481 e. The van der Waals surface area contributed by atoms with E-state index < -0.39 is 73.4 Å². The molecule has 1 aliphatic rings. The molecule has 1 rings (SSSR count). The maximum Gasteiger partial charge on any atom is 1.00 e. The molecule has 0 spiro atoms. The topological polar surface area (TPSA) is 342 Å². The second kappa shape index (κ2) is 30.0. The summed E-state index contributed by atoms with van der Waals surface area (Å²) in [6.07, 6.45) is -6.34. The first-order valence-corrected chi connectivity index (χ1v) is 12.0. The zero-order valence-corrected chi connectivity index (χ0v) is 23.8. The molecule has 0 aromatic carbocycles. The highest BCUT2D eigenvalue weighted by Crippen LogP contribution is 2.03. The summed E-state index contributed by atoms with van der Waals surface area (Å²) in [6.45, 7) is -0.559. The first-order chi connectivity index (χ1) is 19.9. The van der Waals surface area contributed by atoms with Crippen LogP contribution in [0.3, 0.4) is 0 Å². The normalized spacial score (nSPS) is 15.6. The molecular formula is C23H43O20+. The average Bonchev–Trinajstić information content (AvgIpc) is 3.35. The lowest BCUT2D eigenvalue weighted by Gasteiger charge is -2.05. The van der Waals surface area contributed by atoms with Crippen molar-refractivity contribution in [2.45, 2.75) is 62.6 Å². The summed E-state index contributed by atoms with van der Waals surface area (Å²) in [6, 6.07) is 0. The van der Waals surface area contributed by atoms with Crippen LogP contribution in [0.15, 0.2) is 0 Å². The van der Waals surface area contributed by atoms with Gasteiger partial charge in [0.15, 0.2) is 12.2 Å². The number of carbonyl (C=O) groups excluding carboxylic acids is 4. The Bertz CT molecular complexity index is 794. The molecule has 0 bridgehead atoms. The van der Waals surface area contributed by atoms with Gasteiger partial charge in [-0.15, -0.1) is 0 Å². The van der Waals surface area contributed by atoms with Gasteiger partial charge in [0.1, 0.15) is 6.61 Å². The lowest BCUT2D eigenvalue weighted by atomic mass is 10.2. The number of methoxy groups -OCH3 is 3. The molecule has 20 nitrogen and oxygen atoms in total. The fourth-order valence-electron chi connectivity index (χ4n) is 1.79. The van der Waals surface area contributed by atoms with Gasteiger partial charge in [0, 0.05) is 6.61 Å². The number of esters is 4. The Kier molecular flexibility index (Phi) is 32.4. The van der Waals surface area contributed by atoms with Crippen LogP contribution in [0.25, 0.3) is 0 Å². The van der Waals surface area contributed by atoms with Gasteiger partial charge in [0.25, 0.3) is 0 Å². The number of hydrogen-bond acceptors (Lipinski definition) is 18. The number of ether oxygens (including phenoxy) is 4. The minimum absolute atomic E-state index is 0. The molecule has 5 atom stereocenters. The molecule has 0 radical (unpaired) electrons. The zero-order valence-electron chi connectivity index (χ0n) is 24.8. The summed E-state index contributed by atoms with van der Waals surface area (Å²) >= 11 is 0. The van der Waals surface area contributed by atoms with Crippen LogP contribution < -0.4 is 0 Å². The van der Waals surface area contributed by atoms with Gasteiger partial charge in [-0.1, -0.05) is 0 Å². The Balaban J connectivity index is -0.000000144. The van der Waals surface area contributed by atoms with Gasteiger partial charge in [-0.05, 0) is 6.42 Å². The van der Waals surface area contributed by atoms with Gasteiger partial charge in [0.05, 0.1) is 78.5 Å². The number of aliphatic hydroxyl groups is 8. The van der Waals surface area contributed by atoms with Crippen LogP contribution in [0.5, 0.6) is 0 Å². The molecule has 0 aromatic heterocycles. The van der Waals surface area contributed by atoms with Gasteiger partial charge < -0.3 is 70.0 Å². The summed E-state index contributed by atoms with van der Waals surface area (Å²) in [5.41, 5.74) is 0. The number of aliphatic hydroxyl groups excluding tert-OH is 8. The molecule has 1 fully saturated rings. The first kappa shape index (κ1) is 46.5. The van der Waals surface area contributed by atoms with Crippen LogP contribution in [0.1, 0.15) is 33.5 Å². The van der Waals surface area contributed by atoms with E-state index in [0.717, 1.165) is 7.11 Å². The van der Waals surface area contributed by atoms with Crippen LogP contribution in [-0.4, -0.2) is 165 Å². The third kappa shape index (κ3) is 34.6. The van der Waals surface area contributed by atoms with Crippen molar-refractivity contribution in [1.29, 1.82) is 0 Å². The molecule has 254 valence electrons. The lowest BCUT2D eigenvalue weighted by molar-refractivity contribution is -0.156. The van der Waals surface area contributed by atoms with E-state index >= 15 is 0 Å². The van der Waals surface area contributed by atoms with Crippen LogP contribution in [0.4, 0.5) is 0 Å². The fraction of sp³-hybridized carbons (Fsp3) is 0.739. The van der Waals surface area contributed by atoms with Crippen LogP contribution in [0.2, 0.25) is 0 Å². The third-order valence-corrected chi connectivity index (χ3v) is 4.07. The minimum Gasteiger partial charge on any atom is -0.481 e. The molecule has 0 saturated carbocycles. The van der Waals surface area contributed by atoms with Gasteiger partial charge in [-0.2, -0.15) is 0 Å². The molecule has 10 N–H and O–H groups in total. The maximum absolute atomic E-state index is 10.5. The summed E-state index contributed by atoms with van der Waals surface area (Å²) < 4.78 is 17.0. The van der Waals surface area contributed by atoms with Gasteiger partial charge >= 0.3 is 37.2 Å². The molecular weight excluding hydrogens is 596 g/mol. The zero-order chi connectivity index (χ0) is 34.5. The van der Waals surface area contributed by atoms with E-state index in [9.17, 15) is 28.8 Å². The standard InChI is InChI=1S/C6H10O5.C5H10O4.C4H6O5.C4H6O3.C4H10O3/c1-10-5(8)3-4(7)6(9)11-2;1-9-5(8)2-4(7)3-6;5-2(4(8)9)1-3(6)7;5-3-1-4(6)7-2-3;5-2-1-4(7)3-6/h4,7H,3H2,1-2H3;4,6-7H,2-3H2,1H3;2,5H,1H2,(H,6,7)(H,8,9);3,5H,1-2H2;4-7H,1-3H2/p+1/t2*4-;2-;3-;4-/m00000/s1. The van der Waals surface area contributed by atoms with E-state index in [1.165, 1.54) is 14.2 Å². The summed E-state index contributed by atoms with van der Waals surface area (Å²) in [7, 11) is 3.53. The van der Waals surface area contributed by atoms with Crippen molar-refractivity contribution >= 4 is 35.8 Å². The van der Waals surface area contributed by atoms with Crippen LogP contribution in [-0.2, 0) is 47.7 Å². The molecule has 0 aromatic rings. The third-order valence-electron chi connectivity index (χ3n) is 4.07. The molecule has 43 heavy (non-hydrogen) atoms. The number of rotatable bonds is 12. The largest absolute Gasteiger partial charge is 1.00 e. The van der Waals surface area contributed by atoms with Crippen LogP contribution in [0, 0.1) is 0 Å². The van der Waals surface area contributed by atoms with Crippen molar-refractivity contribution in [2.75, 3.05) is 47.8 Å². The predicted molar refractivity (Wildman–Crippen MR) is 138 cm³/mol. The summed E-state index contributed by atoms with van der Waals surface area (Å²) in [4.78, 5) is 60.7. The van der Waals surface area contributed by atoms with E-state index in [1.807, 2.05) is 0 Å². The Morgan fingerprint density at radius 3 is 1.53 bits per heavy atom. The Morgan fingerprint density at radius 2 is 1.30 bits per heavy atom. The van der Waals surface area contributed by atoms with Crippen molar-refractivity contribution in [3.05, 3.63) is 0 Å². The molecule has 1 aliphatic heterocycles. The maximum atomic E-state index is 10.5. The summed E-state index contributed by atoms with van der Waals surface area (Å²) in [5.74, 6) is -5.15. The number of hydrogen-bond donors (Lipinski definition) is 10. The Morgan fingerprint density at radius 1 is 0.814 bits per heavy atom. The van der Waals surface area contributed by atoms with E-state index in [2.05, 4.69) is 18.9 Å². The number of aliphatic carboxylic acids is 2. The molecule has 1 heterocycles. The number of carbonyl (C=O) groups is 6. The molecule has 0 unspecified atom stereocenters. The van der Waals surface area contributed by atoms with E-state index in [4.69, 9.17) is 51.1 Å². The van der Waals surface area contributed by atoms with Crippen LogP contribution >= 0.6 is 0 Å². The SMILES string of the molecule is COC(=O)C[C@H](O)C(=O)OC.COC(=O)C[C@H](O)CO.O=C(O)C[C@H](O)C(=O)O.O=C1C[C@H](O)CO1.OCC[C@H](O)CO.[H+]. The lowest BCUT2D eigenvalue weighted by Crippen LogP contribution is -2.25. The van der Waals surface area contributed by atoms with Crippen molar-refractivity contribution < 1.29 is 100 Å². The van der Waals surface area contributed by atoms with E-state index in [-0.39, 0.29) is 52.9 Å². The molecule has 1 saturated heterocycles. The summed E-state index contributed by atoms with van der Waals surface area (Å²) in [5, 5.41) is 83.0. The second-order valence-electron chi connectivity index (χ2n) is 7.78. The minimum atomic E-state index is -1.79. The van der Waals surface area contributed by atoms with Gasteiger partial charge in [0.2, 0.25) is 0 Å². The van der Waals surface area contributed by atoms with Gasteiger partial charge in [-0.3, -0.25) is 19.2 Å². The average molecular weight is 640 g/mol. The van der Waals surface area contributed by atoms with Crippen molar-refractivity contribution in [1.82, 2.24) is 0 Å². The monoisotopic (exact) mass is 639 g/mol. The molecule has 0 aliphatic carbocycles. The molecule has 0 amide bonds. The van der Waals surface area contributed by atoms with E-state index in [1.54, 1.807) is 0 Å². The highest BCUT2D eigenvalue weighted by molar-refractivity contribution is 5.81.